The molecule has 1 nitrogen and oxygen atoms in total. The van der Waals surface area contributed by atoms with E-state index in [1.54, 1.807) is 0 Å². The van der Waals surface area contributed by atoms with Gasteiger partial charge in [0, 0.05) is 37.0 Å². The molecule has 1 aromatic carbocycles. The minimum atomic E-state index is 0.172. The van der Waals surface area contributed by atoms with E-state index in [0.717, 1.165) is 32.5 Å². The zero-order valence-corrected chi connectivity index (χ0v) is 15.1. The molecule has 1 heterocycles. The third kappa shape index (κ3) is 4.31. The van der Waals surface area contributed by atoms with E-state index >= 15 is 0 Å². The van der Waals surface area contributed by atoms with Gasteiger partial charge in [-0.15, -0.1) is 0 Å². The van der Waals surface area contributed by atoms with E-state index < -0.39 is 0 Å². The van der Waals surface area contributed by atoms with E-state index in [2.05, 4.69) is 35.8 Å². The van der Waals surface area contributed by atoms with Crippen LogP contribution in [0.15, 0.2) is 22.7 Å². The lowest BCUT2D eigenvalue weighted by molar-refractivity contribution is 0.657. The van der Waals surface area contributed by atoms with Gasteiger partial charge >= 0.3 is 0 Å². The Labute approximate surface area is 137 Å². The summed E-state index contributed by atoms with van der Waals surface area (Å²) in [7, 11) is 0. The van der Waals surface area contributed by atoms with Gasteiger partial charge in [-0.2, -0.15) is 23.5 Å². The van der Waals surface area contributed by atoms with Crippen LogP contribution in [0.2, 0.25) is 5.02 Å². The van der Waals surface area contributed by atoms with Crippen molar-refractivity contribution < 1.29 is 0 Å². The highest BCUT2D eigenvalue weighted by Crippen LogP contribution is 2.37. The number of nitrogens with two attached hydrogens (primary N) is 1. The number of hydrogen-bond acceptors (Lipinski definition) is 3. The Morgan fingerprint density at radius 3 is 2.79 bits per heavy atom. The van der Waals surface area contributed by atoms with Gasteiger partial charge < -0.3 is 5.73 Å². The fraction of sp³-hybridized carbons (Fsp3) is 0.571. The number of halogens is 2. The molecule has 0 aliphatic carbocycles. The van der Waals surface area contributed by atoms with Crippen molar-refractivity contribution in [2.75, 3.05) is 5.75 Å². The molecule has 0 spiro atoms. The van der Waals surface area contributed by atoms with Crippen molar-refractivity contribution in [3.63, 3.8) is 0 Å². The second-order valence-electron chi connectivity index (χ2n) is 5.02. The molecule has 106 valence electrons. The Morgan fingerprint density at radius 1 is 1.42 bits per heavy atom. The van der Waals surface area contributed by atoms with Crippen molar-refractivity contribution in [1.29, 1.82) is 0 Å². The van der Waals surface area contributed by atoms with Crippen molar-refractivity contribution in [2.24, 2.45) is 5.73 Å². The standard InChI is InChI=1S/C14H19BrClNS2/c1-8-9(2)19-14(7-18-8)13(17)5-10-3-4-11(15)6-12(10)16/h3-4,6,8-9,13-14H,5,7,17H2,1-2H3. The summed E-state index contributed by atoms with van der Waals surface area (Å²) in [5.41, 5.74) is 7.54. The van der Waals surface area contributed by atoms with Gasteiger partial charge in [0.05, 0.1) is 0 Å². The van der Waals surface area contributed by atoms with Crippen LogP contribution >= 0.6 is 51.1 Å². The first-order valence-corrected chi connectivity index (χ1v) is 9.60. The van der Waals surface area contributed by atoms with Crippen molar-refractivity contribution in [2.45, 2.75) is 42.1 Å². The van der Waals surface area contributed by atoms with E-state index in [9.17, 15) is 0 Å². The van der Waals surface area contributed by atoms with Crippen LogP contribution in [0.25, 0.3) is 0 Å². The zero-order valence-electron chi connectivity index (χ0n) is 11.1. The first-order chi connectivity index (χ1) is 8.97. The minimum Gasteiger partial charge on any atom is -0.326 e. The highest BCUT2D eigenvalue weighted by atomic mass is 79.9. The fourth-order valence-corrected chi connectivity index (χ4v) is 5.92. The molecule has 0 aromatic heterocycles. The third-order valence-corrected chi connectivity index (χ3v) is 7.94. The van der Waals surface area contributed by atoms with Gasteiger partial charge in [0.15, 0.2) is 0 Å². The average molecular weight is 381 g/mol. The summed E-state index contributed by atoms with van der Waals surface area (Å²) < 4.78 is 1.01. The Balaban J connectivity index is 1.99. The largest absolute Gasteiger partial charge is 0.326 e. The molecule has 0 radical (unpaired) electrons. The Hall–Kier alpha value is 0.650. The van der Waals surface area contributed by atoms with Crippen LogP contribution < -0.4 is 5.73 Å². The summed E-state index contributed by atoms with van der Waals surface area (Å²) in [4.78, 5) is 0. The lowest BCUT2D eigenvalue weighted by Crippen LogP contribution is -2.41. The van der Waals surface area contributed by atoms with Crippen LogP contribution in [-0.2, 0) is 6.42 Å². The molecule has 1 aromatic rings. The molecule has 2 rings (SSSR count). The number of hydrogen-bond donors (Lipinski definition) is 1. The predicted molar refractivity (Wildman–Crippen MR) is 93.6 cm³/mol. The summed E-state index contributed by atoms with van der Waals surface area (Å²) in [5.74, 6) is 1.14. The quantitative estimate of drug-likeness (QED) is 0.830. The van der Waals surface area contributed by atoms with Crippen LogP contribution in [0.3, 0.4) is 0 Å². The molecule has 19 heavy (non-hydrogen) atoms. The summed E-state index contributed by atoms with van der Waals surface area (Å²) in [6.45, 7) is 4.60. The van der Waals surface area contributed by atoms with E-state index in [-0.39, 0.29) is 6.04 Å². The normalized spacial score (nSPS) is 29.2. The molecule has 1 aliphatic rings. The lowest BCUT2D eigenvalue weighted by atomic mass is 10.0. The van der Waals surface area contributed by atoms with E-state index in [1.807, 2.05) is 35.7 Å². The van der Waals surface area contributed by atoms with Crippen LogP contribution in [0.1, 0.15) is 19.4 Å². The van der Waals surface area contributed by atoms with Crippen LogP contribution in [0.4, 0.5) is 0 Å². The highest BCUT2D eigenvalue weighted by Gasteiger charge is 2.29. The molecular weight excluding hydrogens is 362 g/mol. The molecule has 1 saturated heterocycles. The van der Waals surface area contributed by atoms with Gasteiger partial charge in [-0.1, -0.05) is 47.4 Å². The monoisotopic (exact) mass is 379 g/mol. The van der Waals surface area contributed by atoms with Gasteiger partial charge in [-0.3, -0.25) is 0 Å². The SMILES string of the molecule is CC1SCC(C(N)Cc2ccc(Br)cc2Cl)SC1C. The molecular formula is C14H19BrClNS2. The van der Waals surface area contributed by atoms with Gasteiger partial charge in [0.25, 0.3) is 0 Å². The maximum absolute atomic E-state index is 6.39. The average Bonchev–Trinajstić information content (AvgIpc) is 2.36. The molecule has 0 amide bonds. The van der Waals surface area contributed by atoms with Crippen molar-refractivity contribution in [1.82, 2.24) is 0 Å². The first kappa shape index (κ1) is 16.0. The first-order valence-electron chi connectivity index (χ1n) is 6.44. The number of rotatable bonds is 3. The number of benzene rings is 1. The Bertz CT molecular complexity index is 443. The topological polar surface area (TPSA) is 26.0 Å². The van der Waals surface area contributed by atoms with Crippen LogP contribution in [0, 0.1) is 0 Å². The van der Waals surface area contributed by atoms with Crippen LogP contribution in [0.5, 0.6) is 0 Å². The molecule has 0 bridgehead atoms. The smallest absolute Gasteiger partial charge is 0.0449 e. The molecule has 4 unspecified atom stereocenters. The van der Waals surface area contributed by atoms with Gasteiger partial charge in [0.2, 0.25) is 0 Å². The highest BCUT2D eigenvalue weighted by molar-refractivity contribution is 9.10. The predicted octanol–water partition coefficient (Wildman–Crippen LogP) is 4.60. The zero-order chi connectivity index (χ0) is 14.0. The lowest BCUT2D eigenvalue weighted by Gasteiger charge is -2.34. The molecule has 1 fully saturated rings. The third-order valence-electron chi connectivity index (χ3n) is 3.52. The number of thioether (sulfide) groups is 2. The molecule has 4 atom stereocenters. The van der Waals surface area contributed by atoms with Crippen molar-refractivity contribution in [3.05, 3.63) is 33.3 Å². The summed E-state index contributed by atoms with van der Waals surface area (Å²) in [6.07, 6.45) is 0.853. The van der Waals surface area contributed by atoms with Gasteiger partial charge in [-0.25, -0.2) is 0 Å². The molecule has 2 N–H and O–H groups in total. The minimum absolute atomic E-state index is 0.172. The van der Waals surface area contributed by atoms with Crippen molar-refractivity contribution >= 4 is 51.1 Å². The fourth-order valence-electron chi connectivity index (χ4n) is 2.10. The maximum Gasteiger partial charge on any atom is 0.0449 e. The maximum atomic E-state index is 6.39. The summed E-state index contributed by atoms with van der Waals surface area (Å²) in [5, 5.41) is 2.73. The van der Waals surface area contributed by atoms with Crippen LogP contribution in [-0.4, -0.2) is 27.5 Å². The van der Waals surface area contributed by atoms with E-state index in [4.69, 9.17) is 17.3 Å². The molecule has 1 aliphatic heterocycles. The molecule has 0 saturated carbocycles. The Morgan fingerprint density at radius 2 is 2.16 bits per heavy atom. The molecule has 5 heteroatoms. The summed E-state index contributed by atoms with van der Waals surface area (Å²) >= 11 is 13.8. The Kier molecular flexibility index (Phi) is 5.97. The second kappa shape index (κ2) is 7.08. The van der Waals surface area contributed by atoms with Gasteiger partial charge in [0.1, 0.15) is 0 Å². The van der Waals surface area contributed by atoms with E-state index in [0.29, 0.717) is 10.5 Å². The second-order valence-corrected chi connectivity index (χ2v) is 9.38. The summed E-state index contributed by atoms with van der Waals surface area (Å²) in [6, 6.07) is 6.21. The van der Waals surface area contributed by atoms with Crippen molar-refractivity contribution in [3.8, 4) is 0 Å². The van der Waals surface area contributed by atoms with Gasteiger partial charge in [-0.05, 0) is 24.1 Å². The van der Waals surface area contributed by atoms with E-state index in [1.165, 1.54) is 0 Å².